The maximum Gasteiger partial charge on any atom is 0.200 e. The van der Waals surface area contributed by atoms with E-state index in [1.54, 1.807) is 0 Å². The minimum absolute atomic E-state index is 0.400. The number of aromatic nitrogens is 2. The van der Waals surface area contributed by atoms with Crippen LogP contribution in [0.3, 0.4) is 0 Å². The molecular formula is C10H8Cl2N2. The van der Waals surface area contributed by atoms with Gasteiger partial charge in [0.05, 0.1) is 5.69 Å². The Kier molecular flexibility index (Phi) is 2.48. The second kappa shape index (κ2) is 3.64. The average molecular weight is 227 g/mol. The first kappa shape index (κ1) is 9.56. The van der Waals surface area contributed by atoms with Crippen LogP contribution in [0.1, 0.15) is 5.69 Å². The summed E-state index contributed by atoms with van der Waals surface area (Å²) in [5.41, 5.74) is 2.76. The van der Waals surface area contributed by atoms with E-state index in [9.17, 15) is 0 Å². The molecule has 2 rings (SSSR count). The Morgan fingerprint density at radius 3 is 2.64 bits per heavy atom. The zero-order chi connectivity index (χ0) is 10.1. The first-order valence-electron chi connectivity index (χ1n) is 4.15. The number of nitrogens with zero attached hydrogens (tertiary/aromatic N) is 1. The third-order valence-corrected chi connectivity index (χ3v) is 2.37. The van der Waals surface area contributed by atoms with E-state index < -0.39 is 0 Å². The molecule has 4 heteroatoms. The highest BCUT2D eigenvalue weighted by molar-refractivity contribution is 6.31. The number of halogens is 2. The highest BCUT2D eigenvalue weighted by Gasteiger charge is 2.07. The molecule has 72 valence electrons. The topological polar surface area (TPSA) is 28.7 Å². The molecule has 0 saturated heterocycles. The van der Waals surface area contributed by atoms with E-state index in [1.165, 1.54) is 0 Å². The van der Waals surface area contributed by atoms with Crippen molar-refractivity contribution in [3.63, 3.8) is 0 Å². The Bertz CT molecular complexity index is 463. The average Bonchev–Trinajstić information content (AvgIpc) is 2.45. The monoisotopic (exact) mass is 226 g/mol. The Balaban J connectivity index is 2.54. The zero-order valence-electron chi connectivity index (χ0n) is 7.51. The van der Waals surface area contributed by atoms with Gasteiger partial charge in [-0.15, -0.1) is 0 Å². The van der Waals surface area contributed by atoms with Crippen LogP contribution in [0.4, 0.5) is 0 Å². The van der Waals surface area contributed by atoms with Crippen LogP contribution in [-0.4, -0.2) is 9.97 Å². The molecule has 0 bridgehead atoms. The van der Waals surface area contributed by atoms with Gasteiger partial charge in [0.2, 0.25) is 5.28 Å². The van der Waals surface area contributed by atoms with Crippen LogP contribution in [0.2, 0.25) is 10.3 Å². The molecule has 0 aliphatic carbocycles. The molecule has 1 N–H and O–H groups in total. The SMILES string of the molecule is Cc1[nH]c(Cl)nc1-c1cccc(Cl)c1. The van der Waals surface area contributed by atoms with Gasteiger partial charge in [-0.05, 0) is 30.7 Å². The second-order valence-electron chi connectivity index (χ2n) is 3.01. The molecule has 0 fully saturated rings. The Hall–Kier alpha value is -0.990. The molecule has 0 atom stereocenters. The summed E-state index contributed by atoms with van der Waals surface area (Å²) in [4.78, 5) is 7.11. The van der Waals surface area contributed by atoms with Gasteiger partial charge in [-0.3, -0.25) is 0 Å². The van der Waals surface area contributed by atoms with Gasteiger partial charge in [0.1, 0.15) is 0 Å². The fourth-order valence-electron chi connectivity index (χ4n) is 1.34. The maximum absolute atomic E-state index is 5.88. The molecule has 2 nitrogen and oxygen atoms in total. The van der Waals surface area contributed by atoms with E-state index in [-0.39, 0.29) is 0 Å². The molecule has 2 aromatic rings. The van der Waals surface area contributed by atoms with Crippen molar-refractivity contribution in [2.24, 2.45) is 0 Å². The third-order valence-electron chi connectivity index (χ3n) is 1.95. The first-order chi connectivity index (χ1) is 6.66. The van der Waals surface area contributed by atoms with E-state index in [4.69, 9.17) is 23.2 Å². The van der Waals surface area contributed by atoms with Crippen molar-refractivity contribution in [2.45, 2.75) is 6.92 Å². The van der Waals surface area contributed by atoms with E-state index in [0.717, 1.165) is 17.0 Å². The summed E-state index contributed by atoms with van der Waals surface area (Å²) in [7, 11) is 0. The summed E-state index contributed by atoms with van der Waals surface area (Å²) in [6.07, 6.45) is 0. The molecule has 0 spiro atoms. The lowest BCUT2D eigenvalue weighted by Crippen LogP contribution is -1.80. The number of rotatable bonds is 1. The van der Waals surface area contributed by atoms with Crippen LogP contribution >= 0.6 is 23.2 Å². The van der Waals surface area contributed by atoms with Crippen molar-refractivity contribution < 1.29 is 0 Å². The summed E-state index contributed by atoms with van der Waals surface area (Å²) in [5, 5.41) is 1.10. The predicted molar refractivity (Wildman–Crippen MR) is 58.8 cm³/mol. The molecule has 14 heavy (non-hydrogen) atoms. The van der Waals surface area contributed by atoms with Gasteiger partial charge in [-0.2, -0.15) is 0 Å². The zero-order valence-corrected chi connectivity index (χ0v) is 9.02. The normalized spacial score (nSPS) is 10.5. The van der Waals surface area contributed by atoms with Crippen molar-refractivity contribution in [1.29, 1.82) is 0 Å². The summed E-state index contributed by atoms with van der Waals surface area (Å²) in [6.45, 7) is 1.93. The van der Waals surface area contributed by atoms with Gasteiger partial charge in [0, 0.05) is 16.3 Å². The largest absolute Gasteiger partial charge is 0.332 e. The van der Waals surface area contributed by atoms with Crippen LogP contribution in [-0.2, 0) is 0 Å². The molecule has 1 heterocycles. The lowest BCUT2D eigenvalue weighted by molar-refractivity contribution is 1.25. The summed E-state index contributed by atoms with van der Waals surface area (Å²) in [5.74, 6) is 0. The molecule has 0 radical (unpaired) electrons. The van der Waals surface area contributed by atoms with Crippen molar-refractivity contribution in [1.82, 2.24) is 9.97 Å². The van der Waals surface area contributed by atoms with Gasteiger partial charge >= 0.3 is 0 Å². The number of hydrogen-bond donors (Lipinski definition) is 1. The summed E-state index contributed by atoms with van der Waals surface area (Å²) < 4.78 is 0. The van der Waals surface area contributed by atoms with Gasteiger partial charge in [-0.25, -0.2) is 4.98 Å². The number of imidazole rings is 1. The van der Waals surface area contributed by atoms with Crippen molar-refractivity contribution >= 4 is 23.2 Å². The summed E-state index contributed by atoms with van der Waals surface area (Å²) >= 11 is 11.6. The van der Waals surface area contributed by atoms with Crippen LogP contribution < -0.4 is 0 Å². The molecule has 0 aliphatic rings. The van der Waals surface area contributed by atoms with Gasteiger partial charge < -0.3 is 4.98 Å². The number of H-pyrrole nitrogens is 1. The number of aryl methyl sites for hydroxylation is 1. The highest BCUT2D eigenvalue weighted by Crippen LogP contribution is 2.24. The Morgan fingerprint density at radius 2 is 2.07 bits per heavy atom. The molecule has 0 aliphatic heterocycles. The van der Waals surface area contributed by atoms with Gasteiger partial charge in [-0.1, -0.05) is 23.7 Å². The Morgan fingerprint density at radius 1 is 1.29 bits per heavy atom. The quantitative estimate of drug-likeness (QED) is 0.790. The standard InChI is InChI=1S/C10H8Cl2N2/c1-6-9(14-10(12)13-6)7-3-2-4-8(11)5-7/h2-5H,1H3,(H,13,14). The van der Waals surface area contributed by atoms with E-state index >= 15 is 0 Å². The van der Waals surface area contributed by atoms with Crippen molar-refractivity contribution in [2.75, 3.05) is 0 Å². The fourth-order valence-corrected chi connectivity index (χ4v) is 1.76. The van der Waals surface area contributed by atoms with Crippen molar-refractivity contribution in [3.8, 4) is 11.3 Å². The molecule has 0 unspecified atom stereocenters. The number of benzene rings is 1. The first-order valence-corrected chi connectivity index (χ1v) is 4.90. The second-order valence-corrected chi connectivity index (χ2v) is 3.81. The summed E-state index contributed by atoms with van der Waals surface area (Å²) in [6, 6.07) is 7.53. The maximum atomic E-state index is 5.88. The number of nitrogens with one attached hydrogen (secondary N) is 1. The van der Waals surface area contributed by atoms with Crippen LogP contribution in [0.15, 0.2) is 24.3 Å². The minimum Gasteiger partial charge on any atom is -0.332 e. The van der Waals surface area contributed by atoms with Crippen LogP contribution in [0, 0.1) is 6.92 Å². The lowest BCUT2D eigenvalue weighted by Gasteiger charge is -1.98. The van der Waals surface area contributed by atoms with Gasteiger partial charge in [0.15, 0.2) is 0 Å². The van der Waals surface area contributed by atoms with Crippen LogP contribution in [0.25, 0.3) is 11.3 Å². The number of hydrogen-bond acceptors (Lipinski definition) is 1. The molecular weight excluding hydrogens is 219 g/mol. The van der Waals surface area contributed by atoms with Gasteiger partial charge in [0.25, 0.3) is 0 Å². The smallest absolute Gasteiger partial charge is 0.200 e. The van der Waals surface area contributed by atoms with E-state index in [0.29, 0.717) is 10.3 Å². The molecule has 0 amide bonds. The van der Waals surface area contributed by atoms with Crippen molar-refractivity contribution in [3.05, 3.63) is 40.3 Å². The highest BCUT2D eigenvalue weighted by atomic mass is 35.5. The molecule has 0 saturated carbocycles. The predicted octanol–water partition coefficient (Wildman–Crippen LogP) is 3.69. The minimum atomic E-state index is 0.400. The Labute approximate surface area is 91.9 Å². The van der Waals surface area contributed by atoms with E-state index in [1.807, 2.05) is 31.2 Å². The van der Waals surface area contributed by atoms with E-state index in [2.05, 4.69) is 9.97 Å². The number of aromatic amines is 1. The fraction of sp³-hybridized carbons (Fsp3) is 0.100. The lowest BCUT2D eigenvalue weighted by atomic mass is 10.1. The van der Waals surface area contributed by atoms with Crippen LogP contribution in [0.5, 0.6) is 0 Å². The molecule has 1 aromatic carbocycles. The third kappa shape index (κ3) is 1.76. The molecule has 1 aromatic heterocycles.